The van der Waals surface area contributed by atoms with Crippen LogP contribution in [0.2, 0.25) is 0 Å². The van der Waals surface area contributed by atoms with Crippen LogP contribution in [0, 0.1) is 17.8 Å². The molecule has 2 rings (SSSR count). The Morgan fingerprint density at radius 3 is 2.63 bits per heavy atom. The zero-order valence-electron chi connectivity index (χ0n) is 11.6. The summed E-state index contributed by atoms with van der Waals surface area (Å²) in [5.74, 6) is 1.48. The summed E-state index contributed by atoms with van der Waals surface area (Å²) in [5, 5.41) is 3.13. The van der Waals surface area contributed by atoms with Crippen LogP contribution in [0.3, 0.4) is 0 Å². The Morgan fingerprint density at radius 2 is 2.05 bits per heavy atom. The van der Waals surface area contributed by atoms with Crippen LogP contribution in [-0.4, -0.2) is 44.0 Å². The van der Waals surface area contributed by atoms with E-state index in [4.69, 9.17) is 5.73 Å². The van der Waals surface area contributed by atoms with Gasteiger partial charge in [-0.1, -0.05) is 6.42 Å². The average Bonchev–Trinajstić information content (AvgIpc) is 2.94. The zero-order chi connectivity index (χ0) is 12.3. The second kappa shape index (κ2) is 9.01. The second-order valence-corrected chi connectivity index (χ2v) is 5.70. The van der Waals surface area contributed by atoms with Gasteiger partial charge in [-0.05, 0) is 51.2 Å². The molecule has 3 atom stereocenters. The fourth-order valence-corrected chi connectivity index (χ4v) is 3.23. The summed E-state index contributed by atoms with van der Waals surface area (Å²) in [6.07, 6.45) is 4.52. The normalized spacial score (nSPS) is 30.5. The van der Waals surface area contributed by atoms with Crippen molar-refractivity contribution < 1.29 is 4.79 Å². The van der Waals surface area contributed by atoms with Crippen LogP contribution in [-0.2, 0) is 4.79 Å². The number of carbonyl (C=O) groups is 1. The van der Waals surface area contributed by atoms with Crippen molar-refractivity contribution in [2.45, 2.75) is 25.7 Å². The molecule has 19 heavy (non-hydrogen) atoms. The third-order valence-corrected chi connectivity index (χ3v) is 4.35. The van der Waals surface area contributed by atoms with Crippen LogP contribution in [0.1, 0.15) is 25.7 Å². The molecule has 6 heteroatoms. The van der Waals surface area contributed by atoms with Gasteiger partial charge in [0.25, 0.3) is 0 Å². The lowest BCUT2D eigenvalue weighted by molar-refractivity contribution is -0.126. The number of rotatable bonds is 4. The third kappa shape index (κ3) is 5.10. The summed E-state index contributed by atoms with van der Waals surface area (Å²) in [7, 11) is 2.14. The summed E-state index contributed by atoms with van der Waals surface area (Å²) >= 11 is 0. The summed E-state index contributed by atoms with van der Waals surface area (Å²) < 4.78 is 0. The van der Waals surface area contributed by atoms with E-state index in [2.05, 4.69) is 17.3 Å². The molecule has 1 amide bonds. The van der Waals surface area contributed by atoms with E-state index in [1.54, 1.807) is 0 Å². The van der Waals surface area contributed by atoms with E-state index in [9.17, 15) is 4.79 Å². The monoisotopic (exact) mass is 311 g/mol. The zero-order valence-corrected chi connectivity index (χ0v) is 13.3. The average molecular weight is 312 g/mol. The molecule has 2 fully saturated rings. The molecule has 1 aliphatic heterocycles. The van der Waals surface area contributed by atoms with E-state index >= 15 is 0 Å². The number of nitrogens with two attached hydrogens (primary N) is 1. The molecule has 114 valence electrons. The van der Waals surface area contributed by atoms with E-state index in [0.717, 1.165) is 38.9 Å². The fraction of sp³-hybridized carbons (Fsp3) is 0.923. The van der Waals surface area contributed by atoms with Gasteiger partial charge in [-0.25, -0.2) is 0 Å². The Balaban J connectivity index is 0.00000162. The Hall–Kier alpha value is -0.0300. The Morgan fingerprint density at radius 1 is 1.32 bits per heavy atom. The minimum Gasteiger partial charge on any atom is -0.356 e. The minimum atomic E-state index is 0. The van der Waals surface area contributed by atoms with Crippen LogP contribution in [0.15, 0.2) is 0 Å². The van der Waals surface area contributed by atoms with E-state index < -0.39 is 0 Å². The van der Waals surface area contributed by atoms with Crippen molar-refractivity contribution in [2.24, 2.45) is 23.5 Å². The molecule has 0 spiro atoms. The molecule has 1 heterocycles. The van der Waals surface area contributed by atoms with E-state index in [-0.39, 0.29) is 36.6 Å². The van der Waals surface area contributed by atoms with Crippen molar-refractivity contribution >= 4 is 30.7 Å². The molecule has 1 unspecified atom stereocenters. The van der Waals surface area contributed by atoms with Gasteiger partial charge >= 0.3 is 0 Å². The highest BCUT2D eigenvalue weighted by atomic mass is 35.5. The fourth-order valence-electron chi connectivity index (χ4n) is 3.23. The van der Waals surface area contributed by atoms with Crippen LogP contribution in [0.4, 0.5) is 0 Å². The van der Waals surface area contributed by atoms with Gasteiger partial charge in [0.2, 0.25) is 5.91 Å². The minimum absolute atomic E-state index is 0. The molecule has 0 aromatic carbocycles. The maximum Gasteiger partial charge on any atom is 0.223 e. The van der Waals surface area contributed by atoms with Crippen molar-refractivity contribution in [3.8, 4) is 0 Å². The lowest BCUT2D eigenvalue weighted by Crippen LogP contribution is -2.38. The molecule has 1 saturated carbocycles. The predicted octanol–water partition coefficient (Wildman–Crippen LogP) is 1.27. The Labute approximate surface area is 128 Å². The van der Waals surface area contributed by atoms with E-state index in [0.29, 0.717) is 18.4 Å². The van der Waals surface area contributed by atoms with Crippen molar-refractivity contribution in [1.29, 1.82) is 0 Å². The topological polar surface area (TPSA) is 58.4 Å². The first-order valence-electron chi connectivity index (χ1n) is 6.87. The number of likely N-dealkylation sites (tertiary alicyclic amines) is 1. The largest absolute Gasteiger partial charge is 0.356 e. The van der Waals surface area contributed by atoms with E-state index in [1.165, 1.54) is 6.42 Å². The Kier molecular flexibility index (Phi) is 8.99. The lowest BCUT2D eigenvalue weighted by atomic mass is 9.95. The first-order chi connectivity index (χ1) is 8.20. The number of hydrogen-bond acceptors (Lipinski definition) is 3. The van der Waals surface area contributed by atoms with Gasteiger partial charge in [0.1, 0.15) is 0 Å². The highest BCUT2D eigenvalue weighted by molar-refractivity contribution is 5.85. The summed E-state index contributed by atoms with van der Waals surface area (Å²) in [6.45, 7) is 3.78. The SMILES string of the molecule is CN1CCC(CNC(=O)[C@@H]2CCC[C@@H]2CN)C1.Cl.Cl. The highest BCUT2D eigenvalue weighted by Gasteiger charge is 2.32. The van der Waals surface area contributed by atoms with Crippen LogP contribution in [0.5, 0.6) is 0 Å². The molecule has 0 radical (unpaired) electrons. The van der Waals surface area contributed by atoms with Crippen LogP contribution >= 0.6 is 24.8 Å². The molecule has 0 aromatic heterocycles. The number of halogens is 2. The molecule has 3 N–H and O–H groups in total. The maximum absolute atomic E-state index is 12.1. The van der Waals surface area contributed by atoms with E-state index in [1.807, 2.05) is 0 Å². The smallest absolute Gasteiger partial charge is 0.223 e. The van der Waals surface area contributed by atoms with Gasteiger partial charge in [-0.3, -0.25) is 4.79 Å². The summed E-state index contributed by atoms with van der Waals surface area (Å²) in [4.78, 5) is 14.4. The first kappa shape index (κ1) is 19.0. The second-order valence-electron chi connectivity index (χ2n) is 5.70. The molecule has 0 bridgehead atoms. The molecular formula is C13H27Cl2N3O. The molecule has 1 aliphatic carbocycles. The Bertz CT molecular complexity index is 279. The standard InChI is InChI=1S/C13H25N3O.2ClH/c1-16-6-5-10(9-16)8-15-13(17)12-4-2-3-11(12)7-14;;/h10-12H,2-9,14H2,1H3,(H,15,17);2*1H/t10?,11-,12-;;/m1../s1. The molecule has 2 aliphatic rings. The van der Waals surface area contributed by atoms with Gasteiger partial charge in [-0.15, -0.1) is 24.8 Å². The molecular weight excluding hydrogens is 285 g/mol. The number of nitrogens with one attached hydrogen (secondary N) is 1. The number of nitrogens with zero attached hydrogens (tertiary/aromatic N) is 1. The summed E-state index contributed by atoms with van der Waals surface area (Å²) in [6, 6.07) is 0. The van der Waals surface area contributed by atoms with Crippen LogP contribution < -0.4 is 11.1 Å². The summed E-state index contributed by atoms with van der Waals surface area (Å²) in [5.41, 5.74) is 5.71. The molecule has 4 nitrogen and oxygen atoms in total. The molecule has 0 aromatic rings. The van der Waals surface area contributed by atoms with Crippen LogP contribution in [0.25, 0.3) is 0 Å². The molecule has 1 saturated heterocycles. The van der Waals surface area contributed by atoms with Gasteiger partial charge in [0.05, 0.1) is 0 Å². The van der Waals surface area contributed by atoms with Crippen molar-refractivity contribution in [2.75, 3.05) is 33.2 Å². The van der Waals surface area contributed by atoms with Gasteiger partial charge in [-0.2, -0.15) is 0 Å². The quantitative estimate of drug-likeness (QED) is 0.822. The maximum atomic E-state index is 12.1. The highest BCUT2D eigenvalue weighted by Crippen LogP contribution is 2.31. The van der Waals surface area contributed by atoms with Gasteiger partial charge < -0.3 is 16.0 Å². The number of hydrogen-bond donors (Lipinski definition) is 2. The van der Waals surface area contributed by atoms with Gasteiger partial charge in [0.15, 0.2) is 0 Å². The van der Waals surface area contributed by atoms with Gasteiger partial charge in [0, 0.05) is 19.0 Å². The van der Waals surface area contributed by atoms with Crippen molar-refractivity contribution in [3.05, 3.63) is 0 Å². The number of carbonyl (C=O) groups excluding carboxylic acids is 1. The first-order valence-corrected chi connectivity index (χ1v) is 6.87. The van der Waals surface area contributed by atoms with Crippen molar-refractivity contribution in [1.82, 2.24) is 10.2 Å². The predicted molar refractivity (Wildman–Crippen MR) is 83.0 cm³/mol. The van der Waals surface area contributed by atoms with Crippen molar-refractivity contribution in [3.63, 3.8) is 0 Å². The lowest BCUT2D eigenvalue weighted by Gasteiger charge is -2.19. The number of amides is 1. The third-order valence-electron chi connectivity index (χ3n) is 4.35.